The van der Waals surface area contributed by atoms with Crippen LogP contribution in [0.2, 0.25) is 0 Å². The predicted octanol–water partition coefficient (Wildman–Crippen LogP) is 3.35. The number of nitrogens with zero attached hydrogens (tertiary/aromatic N) is 1. The molecule has 2 nitrogen and oxygen atoms in total. The van der Waals surface area contributed by atoms with E-state index in [0.29, 0.717) is 17.5 Å². The lowest BCUT2D eigenvalue weighted by Gasteiger charge is -2.43. The van der Waals surface area contributed by atoms with Gasteiger partial charge in [-0.2, -0.15) is 0 Å². The average Bonchev–Trinajstić information content (AvgIpc) is 2.73. The molecular weight excluding hydrogens is 232 g/mol. The van der Waals surface area contributed by atoms with Crippen LogP contribution in [0, 0.1) is 5.41 Å². The summed E-state index contributed by atoms with van der Waals surface area (Å²) in [6.07, 6.45) is 6.25. The maximum Gasteiger partial charge on any atom is 0.0401 e. The zero-order chi connectivity index (χ0) is 13.5. The fourth-order valence-corrected chi connectivity index (χ4v) is 3.85. The quantitative estimate of drug-likeness (QED) is 0.881. The van der Waals surface area contributed by atoms with E-state index >= 15 is 0 Å². The summed E-state index contributed by atoms with van der Waals surface area (Å²) in [6, 6.07) is 9.91. The van der Waals surface area contributed by atoms with Gasteiger partial charge in [-0.15, -0.1) is 0 Å². The SMILES string of the molecule is CC1CCc2ccccc2N1CC1(C)CCCC1N. The molecule has 3 atom stereocenters. The summed E-state index contributed by atoms with van der Waals surface area (Å²) in [6.45, 7) is 5.86. The van der Waals surface area contributed by atoms with Crippen LogP contribution in [0.3, 0.4) is 0 Å². The van der Waals surface area contributed by atoms with Gasteiger partial charge in [-0.1, -0.05) is 31.5 Å². The van der Waals surface area contributed by atoms with Crippen molar-refractivity contribution in [3.63, 3.8) is 0 Å². The number of hydrogen-bond acceptors (Lipinski definition) is 2. The highest BCUT2D eigenvalue weighted by Crippen LogP contribution is 2.40. The largest absolute Gasteiger partial charge is 0.368 e. The van der Waals surface area contributed by atoms with Gasteiger partial charge in [0.1, 0.15) is 0 Å². The first-order valence-corrected chi connectivity index (χ1v) is 7.70. The van der Waals surface area contributed by atoms with Crippen LogP contribution in [-0.4, -0.2) is 18.6 Å². The fraction of sp³-hybridized carbons (Fsp3) is 0.647. The molecule has 3 unspecified atom stereocenters. The number of rotatable bonds is 2. The zero-order valence-electron chi connectivity index (χ0n) is 12.2. The average molecular weight is 258 g/mol. The standard InChI is InChI=1S/C17H26N2/c1-13-9-10-14-6-3-4-7-15(14)19(13)12-17(2)11-5-8-16(17)18/h3-4,6-7,13,16H,5,8-12,18H2,1-2H3. The van der Waals surface area contributed by atoms with Crippen molar-refractivity contribution in [1.29, 1.82) is 0 Å². The Morgan fingerprint density at radius 2 is 2.11 bits per heavy atom. The molecule has 1 aliphatic carbocycles. The van der Waals surface area contributed by atoms with Gasteiger partial charge >= 0.3 is 0 Å². The van der Waals surface area contributed by atoms with Crippen LogP contribution < -0.4 is 10.6 Å². The van der Waals surface area contributed by atoms with Crippen LogP contribution in [-0.2, 0) is 6.42 Å². The van der Waals surface area contributed by atoms with E-state index in [4.69, 9.17) is 5.73 Å². The molecule has 2 aliphatic rings. The zero-order valence-corrected chi connectivity index (χ0v) is 12.2. The molecule has 0 radical (unpaired) electrons. The molecule has 0 aromatic heterocycles. The van der Waals surface area contributed by atoms with E-state index in [2.05, 4.69) is 43.0 Å². The van der Waals surface area contributed by atoms with Gasteiger partial charge in [0, 0.05) is 29.7 Å². The first kappa shape index (κ1) is 13.0. The van der Waals surface area contributed by atoms with E-state index < -0.39 is 0 Å². The third-order valence-electron chi connectivity index (χ3n) is 5.35. The molecule has 1 aliphatic heterocycles. The number of benzene rings is 1. The van der Waals surface area contributed by atoms with Crippen molar-refractivity contribution in [2.24, 2.45) is 11.1 Å². The summed E-state index contributed by atoms with van der Waals surface area (Å²) in [5.74, 6) is 0. The van der Waals surface area contributed by atoms with Gasteiger partial charge in [-0.3, -0.25) is 0 Å². The highest BCUT2D eigenvalue weighted by Gasteiger charge is 2.39. The number of para-hydroxylation sites is 1. The van der Waals surface area contributed by atoms with Crippen LogP contribution in [0.4, 0.5) is 5.69 Å². The van der Waals surface area contributed by atoms with E-state index in [-0.39, 0.29) is 0 Å². The Morgan fingerprint density at radius 3 is 2.84 bits per heavy atom. The molecule has 19 heavy (non-hydrogen) atoms. The monoisotopic (exact) mass is 258 g/mol. The molecule has 0 spiro atoms. The van der Waals surface area contributed by atoms with E-state index in [1.54, 1.807) is 0 Å². The second-order valence-corrected chi connectivity index (χ2v) is 6.80. The lowest BCUT2D eigenvalue weighted by atomic mass is 9.83. The van der Waals surface area contributed by atoms with Gasteiger partial charge in [0.25, 0.3) is 0 Å². The van der Waals surface area contributed by atoms with Crippen LogP contribution in [0.25, 0.3) is 0 Å². The maximum absolute atomic E-state index is 6.37. The first-order chi connectivity index (χ1) is 9.10. The van der Waals surface area contributed by atoms with Crippen molar-refractivity contribution >= 4 is 5.69 Å². The van der Waals surface area contributed by atoms with Crippen molar-refractivity contribution < 1.29 is 0 Å². The van der Waals surface area contributed by atoms with E-state index in [0.717, 1.165) is 6.54 Å². The molecule has 104 valence electrons. The normalized spacial score (nSPS) is 34.4. The summed E-state index contributed by atoms with van der Waals surface area (Å²) < 4.78 is 0. The summed E-state index contributed by atoms with van der Waals surface area (Å²) >= 11 is 0. The van der Waals surface area contributed by atoms with Gasteiger partial charge in [0.05, 0.1) is 0 Å². The lowest BCUT2D eigenvalue weighted by Crippen LogP contribution is -2.48. The molecule has 0 saturated heterocycles. The minimum atomic E-state index is 0.290. The number of fused-ring (bicyclic) bond motifs is 1. The predicted molar refractivity (Wildman–Crippen MR) is 81.5 cm³/mol. The minimum Gasteiger partial charge on any atom is -0.368 e. The van der Waals surface area contributed by atoms with Crippen molar-refractivity contribution in [2.45, 2.75) is 58.0 Å². The van der Waals surface area contributed by atoms with E-state index in [1.807, 2.05) is 0 Å². The lowest BCUT2D eigenvalue weighted by molar-refractivity contribution is 0.285. The van der Waals surface area contributed by atoms with Crippen molar-refractivity contribution in [3.05, 3.63) is 29.8 Å². The maximum atomic E-state index is 6.37. The van der Waals surface area contributed by atoms with Crippen LogP contribution in [0.15, 0.2) is 24.3 Å². The molecular formula is C17H26N2. The molecule has 0 amide bonds. The summed E-state index contributed by atoms with van der Waals surface area (Å²) in [4.78, 5) is 2.62. The molecule has 3 rings (SSSR count). The van der Waals surface area contributed by atoms with Crippen LogP contribution >= 0.6 is 0 Å². The van der Waals surface area contributed by atoms with Crippen LogP contribution in [0.5, 0.6) is 0 Å². The van der Waals surface area contributed by atoms with Gasteiger partial charge in [0.2, 0.25) is 0 Å². The third-order valence-corrected chi connectivity index (χ3v) is 5.35. The molecule has 1 heterocycles. The molecule has 1 fully saturated rings. The molecule has 2 N–H and O–H groups in total. The topological polar surface area (TPSA) is 29.3 Å². The Morgan fingerprint density at radius 1 is 1.32 bits per heavy atom. The summed E-state index contributed by atoms with van der Waals surface area (Å²) in [7, 11) is 0. The van der Waals surface area contributed by atoms with Gasteiger partial charge < -0.3 is 10.6 Å². The highest BCUT2D eigenvalue weighted by molar-refractivity contribution is 5.56. The Kier molecular flexibility index (Phi) is 3.30. The van der Waals surface area contributed by atoms with Gasteiger partial charge in [0.15, 0.2) is 0 Å². The molecule has 1 saturated carbocycles. The molecule has 1 aromatic carbocycles. The summed E-state index contributed by atoms with van der Waals surface area (Å²) in [5, 5.41) is 0. The second-order valence-electron chi connectivity index (χ2n) is 6.80. The second kappa shape index (κ2) is 4.82. The number of nitrogens with two attached hydrogens (primary N) is 1. The molecule has 0 bridgehead atoms. The highest BCUT2D eigenvalue weighted by atomic mass is 15.2. The molecule has 2 heteroatoms. The van der Waals surface area contributed by atoms with Crippen LogP contribution in [0.1, 0.15) is 45.1 Å². The smallest absolute Gasteiger partial charge is 0.0401 e. The first-order valence-electron chi connectivity index (χ1n) is 7.70. The molecule has 1 aromatic rings. The fourth-order valence-electron chi connectivity index (χ4n) is 3.85. The van der Waals surface area contributed by atoms with Gasteiger partial charge in [-0.05, 0) is 44.2 Å². The minimum absolute atomic E-state index is 0.290. The number of aryl methyl sites for hydroxylation is 1. The van der Waals surface area contributed by atoms with E-state index in [1.165, 1.54) is 43.4 Å². The number of anilines is 1. The van der Waals surface area contributed by atoms with Crippen molar-refractivity contribution in [2.75, 3.05) is 11.4 Å². The Hall–Kier alpha value is -1.02. The third kappa shape index (κ3) is 2.27. The summed E-state index contributed by atoms with van der Waals surface area (Å²) in [5.41, 5.74) is 9.62. The Balaban J connectivity index is 1.88. The Bertz CT molecular complexity index is 456. The Labute approximate surface area is 117 Å². The van der Waals surface area contributed by atoms with Gasteiger partial charge in [-0.25, -0.2) is 0 Å². The van der Waals surface area contributed by atoms with E-state index in [9.17, 15) is 0 Å². The van der Waals surface area contributed by atoms with Crippen molar-refractivity contribution in [1.82, 2.24) is 0 Å². The number of hydrogen-bond donors (Lipinski definition) is 1. The van der Waals surface area contributed by atoms with Crippen molar-refractivity contribution in [3.8, 4) is 0 Å².